The second kappa shape index (κ2) is 9.36. The molecule has 170 valence electrons. The van der Waals surface area contributed by atoms with Crippen LogP contribution in [0.15, 0.2) is 65.8 Å². The first-order chi connectivity index (χ1) is 16.6. The molecule has 9 nitrogen and oxygen atoms in total. The first-order valence-electron chi connectivity index (χ1n) is 10.4. The van der Waals surface area contributed by atoms with Crippen LogP contribution >= 0.6 is 11.8 Å². The van der Waals surface area contributed by atoms with Crippen LogP contribution in [0.3, 0.4) is 0 Å². The number of thioether (sulfide) groups is 1. The van der Waals surface area contributed by atoms with Gasteiger partial charge in [-0.15, -0.1) is 0 Å². The molecule has 2 aromatic carbocycles. The molecule has 1 fully saturated rings. The van der Waals surface area contributed by atoms with Gasteiger partial charge in [0.15, 0.2) is 17.3 Å². The van der Waals surface area contributed by atoms with Gasteiger partial charge in [-0.2, -0.15) is 0 Å². The lowest BCUT2D eigenvalue weighted by Gasteiger charge is -2.13. The molecule has 0 radical (unpaired) electrons. The minimum Gasteiger partial charge on any atom is -0.454 e. The molecule has 3 aromatic rings. The Kier molecular flexibility index (Phi) is 5.96. The Morgan fingerprint density at radius 3 is 2.62 bits per heavy atom. The molecule has 0 saturated carbocycles. The molecule has 1 aromatic heterocycles. The van der Waals surface area contributed by atoms with Gasteiger partial charge in [-0.25, -0.2) is 9.97 Å². The van der Waals surface area contributed by atoms with Crippen molar-refractivity contribution in [1.82, 2.24) is 20.2 Å². The summed E-state index contributed by atoms with van der Waals surface area (Å²) in [5.74, 6) is 0.960. The SMILES string of the molecule is O=C(NCCN1C(=O)S/C(=C/c2ccc3c(c2)OCO3)C1=O)c1cnc(-c2ccccc2)nc1. The second-order valence-corrected chi connectivity index (χ2v) is 8.36. The maximum atomic E-state index is 12.7. The number of rotatable bonds is 6. The number of imide groups is 1. The fraction of sp³-hybridized carbons (Fsp3) is 0.125. The molecule has 0 aliphatic carbocycles. The van der Waals surface area contributed by atoms with Crippen LogP contribution in [0.2, 0.25) is 0 Å². The lowest BCUT2D eigenvalue weighted by molar-refractivity contribution is -0.122. The van der Waals surface area contributed by atoms with E-state index in [0.29, 0.717) is 22.2 Å². The highest BCUT2D eigenvalue weighted by molar-refractivity contribution is 8.18. The van der Waals surface area contributed by atoms with Crippen LogP contribution in [0, 0.1) is 0 Å². The third-order valence-electron chi connectivity index (χ3n) is 5.13. The number of carbonyl (C=O) groups is 3. The van der Waals surface area contributed by atoms with Crippen molar-refractivity contribution in [3.05, 3.63) is 77.0 Å². The van der Waals surface area contributed by atoms with Crippen molar-refractivity contribution in [2.75, 3.05) is 19.9 Å². The number of amides is 3. The number of fused-ring (bicyclic) bond motifs is 1. The molecule has 10 heteroatoms. The molecule has 34 heavy (non-hydrogen) atoms. The molecule has 1 saturated heterocycles. The van der Waals surface area contributed by atoms with Gasteiger partial charge in [0, 0.05) is 31.0 Å². The first kappa shape index (κ1) is 21.7. The zero-order chi connectivity index (χ0) is 23.5. The van der Waals surface area contributed by atoms with Crippen LogP contribution in [0.5, 0.6) is 11.5 Å². The minimum absolute atomic E-state index is 0.0534. The quantitative estimate of drug-likeness (QED) is 0.542. The van der Waals surface area contributed by atoms with Crippen molar-refractivity contribution in [2.24, 2.45) is 0 Å². The summed E-state index contributed by atoms with van der Waals surface area (Å²) in [5, 5.41) is 2.31. The van der Waals surface area contributed by atoms with Crippen LogP contribution in [0.4, 0.5) is 4.79 Å². The number of hydrogen-bond acceptors (Lipinski definition) is 8. The molecule has 3 heterocycles. The van der Waals surface area contributed by atoms with Crippen LogP contribution < -0.4 is 14.8 Å². The molecule has 3 amide bonds. The highest BCUT2D eigenvalue weighted by atomic mass is 32.2. The third-order valence-corrected chi connectivity index (χ3v) is 6.04. The lowest BCUT2D eigenvalue weighted by Crippen LogP contribution is -2.37. The molecule has 0 unspecified atom stereocenters. The largest absolute Gasteiger partial charge is 0.454 e. The van der Waals surface area contributed by atoms with Crippen LogP contribution in [0.1, 0.15) is 15.9 Å². The number of ether oxygens (including phenoxy) is 2. The fourth-order valence-electron chi connectivity index (χ4n) is 3.41. The summed E-state index contributed by atoms with van der Waals surface area (Å²) in [6.45, 7) is 0.316. The summed E-state index contributed by atoms with van der Waals surface area (Å²) in [4.78, 5) is 47.3. The molecule has 0 atom stereocenters. The van der Waals surface area contributed by atoms with Gasteiger partial charge in [-0.3, -0.25) is 19.3 Å². The topological polar surface area (TPSA) is 111 Å². The van der Waals surface area contributed by atoms with E-state index in [9.17, 15) is 14.4 Å². The average molecular weight is 474 g/mol. The predicted molar refractivity (Wildman–Crippen MR) is 125 cm³/mol. The number of carbonyl (C=O) groups excluding carboxylic acids is 3. The lowest BCUT2D eigenvalue weighted by atomic mass is 10.2. The van der Waals surface area contributed by atoms with Gasteiger partial charge in [0.05, 0.1) is 10.5 Å². The zero-order valence-corrected chi connectivity index (χ0v) is 18.6. The highest BCUT2D eigenvalue weighted by Gasteiger charge is 2.34. The van der Waals surface area contributed by atoms with E-state index in [1.165, 1.54) is 12.4 Å². The van der Waals surface area contributed by atoms with Gasteiger partial charge in [-0.05, 0) is 35.5 Å². The van der Waals surface area contributed by atoms with Gasteiger partial charge >= 0.3 is 0 Å². The summed E-state index contributed by atoms with van der Waals surface area (Å²) >= 11 is 0.858. The van der Waals surface area contributed by atoms with Gasteiger partial charge in [0.1, 0.15) is 0 Å². The molecular formula is C24H18N4O5S. The Morgan fingerprint density at radius 1 is 1.06 bits per heavy atom. The number of aromatic nitrogens is 2. The number of nitrogens with zero attached hydrogens (tertiary/aromatic N) is 3. The van der Waals surface area contributed by atoms with Crippen molar-refractivity contribution in [1.29, 1.82) is 0 Å². The normalized spacial score (nSPS) is 15.8. The monoisotopic (exact) mass is 474 g/mol. The summed E-state index contributed by atoms with van der Waals surface area (Å²) in [6.07, 6.45) is 4.52. The first-order valence-corrected chi connectivity index (χ1v) is 11.2. The Morgan fingerprint density at radius 2 is 1.82 bits per heavy atom. The molecular weight excluding hydrogens is 456 g/mol. The molecule has 2 aliphatic heterocycles. The summed E-state index contributed by atoms with van der Waals surface area (Å²) < 4.78 is 10.6. The van der Waals surface area contributed by atoms with Gasteiger partial charge < -0.3 is 14.8 Å². The molecule has 5 rings (SSSR count). The second-order valence-electron chi connectivity index (χ2n) is 7.36. The van der Waals surface area contributed by atoms with Crippen LogP contribution in [-0.2, 0) is 4.79 Å². The maximum Gasteiger partial charge on any atom is 0.293 e. The van der Waals surface area contributed by atoms with Crippen molar-refractivity contribution in [3.63, 3.8) is 0 Å². The van der Waals surface area contributed by atoms with E-state index in [1.807, 2.05) is 30.3 Å². The Balaban J connectivity index is 1.17. The van der Waals surface area contributed by atoms with Gasteiger partial charge in [0.2, 0.25) is 6.79 Å². The van der Waals surface area contributed by atoms with Crippen molar-refractivity contribution in [3.8, 4) is 22.9 Å². The van der Waals surface area contributed by atoms with Crippen molar-refractivity contribution < 1.29 is 23.9 Å². The van der Waals surface area contributed by atoms with E-state index in [-0.39, 0.29) is 36.6 Å². The third kappa shape index (κ3) is 4.48. The number of nitrogens with one attached hydrogen (secondary N) is 1. The molecule has 2 aliphatic rings. The highest BCUT2D eigenvalue weighted by Crippen LogP contribution is 2.36. The predicted octanol–water partition coefficient (Wildman–Crippen LogP) is 3.34. The number of benzene rings is 2. The van der Waals surface area contributed by atoms with E-state index in [1.54, 1.807) is 24.3 Å². The molecule has 1 N–H and O–H groups in total. The Hall–Kier alpha value is -4.18. The molecule has 0 bridgehead atoms. The standard InChI is InChI=1S/C24H18N4O5S/c29-22(17-12-26-21(27-13-17)16-4-2-1-3-5-16)25-8-9-28-23(30)20(34-24(28)31)11-15-6-7-18-19(10-15)33-14-32-18/h1-7,10-13H,8-9,14H2,(H,25,29)/b20-11+. The van der Waals surface area contributed by atoms with E-state index in [0.717, 1.165) is 27.8 Å². The van der Waals surface area contributed by atoms with E-state index in [2.05, 4.69) is 15.3 Å². The smallest absolute Gasteiger partial charge is 0.293 e. The van der Waals surface area contributed by atoms with Crippen molar-refractivity contribution in [2.45, 2.75) is 0 Å². The summed E-state index contributed by atoms with van der Waals surface area (Å²) in [7, 11) is 0. The van der Waals surface area contributed by atoms with Gasteiger partial charge in [-0.1, -0.05) is 36.4 Å². The van der Waals surface area contributed by atoms with E-state index >= 15 is 0 Å². The van der Waals surface area contributed by atoms with E-state index in [4.69, 9.17) is 9.47 Å². The average Bonchev–Trinajstić information content (AvgIpc) is 3.44. The Labute approximate surface area is 198 Å². The Bertz CT molecular complexity index is 1290. The summed E-state index contributed by atoms with van der Waals surface area (Å²) in [5.41, 5.74) is 1.86. The van der Waals surface area contributed by atoms with Crippen molar-refractivity contribution >= 4 is 34.9 Å². The summed E-state index contributed by atoms with van der Waals surface area (Å²) in [6, 6.07) is 14.7. The zero-order valence-electron chi connectivity index (χ0n) is 17.8. The fourth-order valence-corrected chi connectivity index (χ4v) is 4.28. The number of hydrogen-bond donors (Lipinski definition) is 1. The maximum absolute atomic E-state index is 12.7. The van der Waals surface area contributed by atoms with E-state index < -0.39 is 5.91 Å². The van der Waals surface area contributed by atoms with Gasteiger partial charge in [0.25, 0.3) is 17.1 Å². The van der Waals surface area contributed by atoms with Crippen LogP contribution in [0.25, 0.3) is 17.5 Å². The van der Waals surface area contributed by atoms with Crippen LogP contribution in [-0.4, -0.2) is 51.8 Å². The molecule has 0 spiro atoms. The minimum atomic E-state index is -0.405.